The summed E-state index contributed by atoms with van der Waals surface area (Å²) in [4.78, 5) is 32.3. The lowest BCUT2D eigenvalue weighted by Crippen LogP contribution is -2.27. The van der Waals surface area contributed by atoms with Gasteiger partial charge in [-0.05, 0) is 42.3 Å². The lowest BCUT2D eigenvalue weighted by Gasteiger charge is -2.11. The Bertz CT molecular complexity index is 1410. The third-order valence-corrected chi connectivity index (χ3v) is 6.40. The molecule has 152 valence electrons. The maximum atomic E-state index is 13.1. The zero-order valence-electron chi connectivity index (χ0n) is 16.8. The van der Waals surface area contributed by atoms with Gasteiger partial charge >= 0.3 is 0 Å². The molecule has 0 aliphatic carbocycles. The van der Waals surface area contributed by atoms with Crippen LogP contribution in [0.1, 0.15) is 22.4 Å². The van der Waals surface area contributed by atoms with Crippen molar-refractivity contribution in [2.75, 3.05) is 19.0 Å². The molecule has 0 unspecified atom stereocenters. The summed E-state index contributed by atoms with van der Waals surface area (Å²) in [6.07, 6.45) is 2.17. The molecular weight excluding hydrogens is 418 g/mol. The predicted octanol–water partition coefficient (Wildman–Crippen LogP) is 3.28. The van der Waals surface area contributed by atoms with Crippen LogP contribution >= 0.6 is 22.9 Å². The lowest BCUT2D eigenvalue weighted by atomic mass is 10.1. The molecule has 2 aromatic heterocycles. The normalized spacial score (nSPS) is 11.9. The maximum Gasteiger partial charge on any atom is 0.277 e. The number of thiazole rings is 1. The summed E-state index contributed by atoms with van der Waals surface area (Å²) < 4.78 is 2.07. The molecule has 0 amide bonds. The second kappa shape index (κ2) is 8.05. The van der Waals surface area contributed by atoms with Crippen LogP contribution in [0.2, 0.25) is 5.02 Å². The average Bonchev–Trinajstić information content (AvgIpc) is 3.02. The van der Waals surface area contributed by atoms with Crippen molar-refractivity contribution in [2.24, 2.45) is 0 Å². The molecule has 30 heavy (non-hydrogen) atoms. The van der Waals surface area contributed by atoms with Crippen molar-refractivity contribution in [3.8, 4) is 0 Å². The molecule has 2 heterocycles. The largest absolute Gasteiger partial charge is 0.378 e. The molecule has 5 nitrogen and oxygen atoms in total. The molecule has 0 saturated carbocycles. The SMILES string of the molecule is Cc1c(Cc2ccccc2Cl)c(=O)nc2s/c(=C\c3ccc(N(C)C)cc3)c(=O)n12. The summed E-state index contributed by atoms with van der Waals surface area (Å²) >= 11 is 7.48. The summed E-state index contributed by atoms with van der Waals surface area (Å²) in [7, 11) is 3.96. The molecule has 0 fully saturated rings. The first-order valence-corrected chi connectivity index (χ1v) is 10.6. The van der Waals surface area contributed by atoms with Gasteiger partial charge in [0.15, 0.2) is 0 Å². The summed E-state index contributed by atoms with van der Waals surface area (Å²) in [6, 6.07) is 15.3. The predicted molar refractivity (Wildman–Crippen MR) is 124 cm³/mol. The summed E-state index contributed by atoms with van der Waals surface area (Å²) in [6.45, 7) is 1.78. The van der Waals surface area contributed by atoms with Gasteiger partial charge in [0.05, 0.1) is 4.53 Å². The molecule has 0 N–H and O–H groups in total. The van der Waals surface area contributed by atoms with Crippen LogP contribution in [-0.4, -0.2) is 23.5 Å². The number of hydrogen-bond acceptors (Lipinski definition) is 5. The van der Waals surface area contributed by atoms with E-state index in [1.165, 1.54) is 15.7 Å². The van der Waals surface area contributed by atoms with Crippen LogP contribution in [0.25, 0.3) is 11.0 Å². The van der Waals surface area contributed by atoms with E-state index in [1.807, 2.05) is 67.5 Å². The summed E-state index contributed by atoms with van der Waals surface area (Å²) in [5.74, 6) is 0. The number of hydrogen-bond donors (Lipinski definition) is 0. The van der Waals surface area contributed by atoms with Gasteiger partial charge in [-0.15, -0.1) is 0 Å². The highest BCUT2D eigenvalue weighted by molar-refractivity contribution is 7.15. The number of fused-ring (bicyclic) bond motifs is 1. The van der Waals surface area contributed by atoms with Crippen LogP contribution in [0.4, 0.5) is 5.69 Å². The molecule has 4 rings (SSSR count). The van der Waals surface area contributed by atoms with E-state index in [2.05, 4.69) is 4.98 Å². The number of anilines is 1. The Balaban J connectivity index is 1.83. The van der Waals surface area contributed by atoms with Crippen molar-refractivity contribution in [1.29, 1.82) is 0 Å². The van der Waals surface area contributed by atoms with Crippen molar-refractivity contribution in [1.82, 2.24) is 9.38 Å². The van der Waals surface area contributed by atoms with Gasteiger partial charge in [0.25, 0.3) is 11.1 Å². The van der Waals surface area contributed by atoms with E-state index in [9.17, 15) is 9.59 Å². The molecule has 0 aliphatic rings. The molecule has 4 aromatic rings. The van der Waals surface area contributed by atoms with Crippen molar-refractivity contribution < 1.29 is 0 Å². The Kier molecular flexibility index (Phi) is 5.45. The van der Waals surface area contributed by atoms with E-state index in [0.717, 1.165) is 16.8 Å². The third kappa shape index (κ3) is 3.76. The number of aromatic nitrogens is 2. The fourth-order valence-corrected chi connectivity index (χ4v) is 4.56. The van der Waals surface area contributed by atoms with Crippen LogP contribution in [-0.2, 0) is 6.42 Å². The van der Waals surface area contributed by atoms with E-state index in [0.29, 0.717) is 32.2 Å². The second-order valence-corrected chi connectivity index (χ2v) is 8.69. The number of aryl methyl sites for hydroxylation is 1. The monoisotopic (exact) mass is 437 g/mol. The highest BCUT2D eigenvalue weighted by Crippen LogP contribution is 2.19. The standard InChI is InChI=1S/C23H20ClN3O2S/c1-14-18(13-16-6-4-5-7-19(16)24)21(28)25-23-27(14)22(29)20(30-23)12-15-8-10-17(11-9-15)26(2)3/h4-12H,13H2,1-3H3/b20-12-. The van der Waals surface area contributed by atoms with Crippen LogP contribution in [0.5, 0.6) is 0 Å². The molecule has 0 saturated heterocycles. The van der Waals surface area contributed by atoms with Crippen LogP contribution < -0.4 is 20.6 Å². The molecule has 7 heteroatoms. The van der Waals surface area contributed by atoms with Crippen molar-refractivity contribution in [2.45, 2.75) is 13.3 Å². The van der Waals surface area contributed by atoms with Gasteiger partial charge in [0.2, 0.25) is 4.96 Å². The van der Waals surface area contributed by atoms with Crippen molar-refractivity contribution in [3.05, 3.63) is 101 Å². The fraction of sp³-hybridized carbons (Fsp3) is 0.174. The van der Waals surface area contributed by atoms with E-state index in [-0.39, 0.29) is 11.1 Å². The highest BCUT2D eigenvalue weighted by Gasteiger charge is 2.15. The first-order chi connectivity index (χ1) is 14.3. The maximum absolute atomic E-state index is 13.1. The molecule has 0 bridgehead atoms. The second-order valence-electron chi connectivity index (χ2n) is 7.27. The third-order valence-electron chi connectivity index (χ3n) is 5.07. The molecule has 0 atom stereocenters. The van der Waals surface area contributed by atoms with Crippen molar-refractivity contribution in [3.63, 3.8) is 0 Å². The Hall–Kier alpha value is -2.96. The molecule has 0 spiro atoms. The molecule has 0 radical (unpaired) electrons. The van der Waals surface area contributed by atoms with Gasteiger partial charge < -0.3 is 4.90 Å². The van der Waals surface area contributed by atoms with Crippen molar-refractivity contribution >= 4 is 39.7 Å². The lowest BCUT2D eigenvalue weighted by molar-refractivity contribution is 0.940. The molecular formula is C23H20ClN3O2S. The summed E-state index contributed by atoms with van der Waals surface area (Å²) in [5.41, 5.74) is 3.43. The minimum Gasteiger partial charge on any atom is -0.378 e. The first-order valence-electron chi connectivity index (χ1n) is 9.42. The minimum atomic E-state index is -0.324. The Morgan fingerprint density at radius 2 is 1.80 bits per heavy atom. The van der Waals surface area contributed by atoms with Gasteiger partial charge in [-0.2, -0.15) is 4.98 Å². The zero-order chi connectivity index (χ0) is 21.4. The van der Waals surface area contributed by atoms with Gasteiger partial charge in [-0.3, -0.25) is 14.0 Å². The number of halogens is 1. The smallest absolute Gasteiger partial charge is 0.277 e. The van der Waals surface area contributed by atoms with Gasteiger partial charge in [0.1, 0.15) is 0 Å². The van der Waals surface area contributed by atoms with Crippen LogP contribution in [0, 0.1) is 6.92 Å². The Labute approximate surface area is 182 Å². The van der Waals surface area contributed by atoms with E-state index in [1.54, 1.807) is 13.0 Å². The Morgan fingerprint density at radius 3 is 2.47 bits per heavy atom. The van der Waals surface area contributed by atoms with Crippen LogP contribution in [0.15, 0.2) is 58.1 Å². The quantitative estimate of drug-likeness (QED) is 0.491. The number of nitrogens with zero attached hydrogens (tertiary/aromatic N) is 3. The van der Waals surface area contributed by atoms with Gasteiger partial charge in [0, 0.05) is 42.5 Å². The highest BCUT2D eigenvalue weighted by atomic mass is 35.5. The van der Waals surface area contributed by atoms with E-state index in [4.69, 9.17) is 11.6 Å². The molecule has 2 aromatic carbocycles. The first kappa shape index (κ1) is 20.3. The van der Waals surface area contributed by atoms with Gasteiger partial charge in [-0.1, -0.05) is 53.3 Å². The van der Waals surface area contributed by atoms with Gasteiger partial charge in [-0.25, -0.2) is 0 Å². The molecule has 0 aliphatic heterocycles. The minimum absolute atomic E-state index is 0.169. The summed E-state index contributed by atoms with van der Waals surface area (Å²) in [5, 5.41) is 0.587. The number of rotatable bonds is 4. The van der Waals surface area contributed by atoms with Crippen LogP contribution in [0.3, 0.4) is 0 Å². The Morgan fingerprint density at radius 1 is 1.10 bits per heavy atom. The van der Waals surface area contributed by atoms with E-state index >= 15 is 0 Å². The number of benzene rings is 2. The topological polar surface area (TPSA) is 54.7 Å². The average molecular weight is 438 g/mol. The fourth-order valence-electron chi connectivity index (χ4n) is 3.34. The zero-order valence-corrected chi connectivity index (χ0v) is 18.4. The van der Waals surface area contributed by atoms with E-state index < -0.39 is 0 Å².